The molecular formula is C7H14O6. The lowest BCUT2D eigenvalue weighted by Gasteiger charge is -2.21. The summed E-state index contributed by atoms with van der Waals surface area (Å²) in [4.78, 5) is 9.95. The Balaban J connectivity index is 3.94. The summed E-state index contributed by atoms with van der Waals surface area (Å²) in [7, 11) is 0. The SMILES string of the molecule is O=CC(O)CC(O)C(O)C(O)CO. The van der Waals surface area contributed by atoms with Crippen LogP contribution in [0.1, 0.15) is 6.42 Å². The fraction of sp³-hybridized carbons (Fsp3) is 0.857. The lowest BCUT2D eigenvalue weighted by atomic mass is 10.0. The average Bonchev–Trinajstić information content (AvgIpc) is 2.14. The van der Waals surface area contributed by atoms with Crippen LogP contribution in [-0.2, 0) is 4.79 Å². The molecule has 0 amide bonds. The third-order valence-electron chi connectivity index (χ3n) is 1.62. The van der Waals surface area contributed by atoms with Gasteiger partial charge in [-0.25, -0.2) is 0 Å². The molecule has 78 valence electrons. The molecule has 0 radical (unpaired) electrons. The number of aldehydes is 1. The molecular weight excluding hydrogens is 180 g/mol. The van der Waals surface area contributed by atoms with Crippen LogP contribution in [0.3, 0.4) is 0 Å². The van der Waals surface area contributed by atoms with Crippen molar-refractivity contribution in [2.24, 2.45) is 0 Å². The Hall–Kier alpha value is -0.530. The van der Waals surface area contributed by atoms with Gasteiger partial charge in [-0.2, -0.15) is 0 Å². The highest BCUT2D eigenvalue weighted by Crippen LogP contribution is 2.05. The Labute approximate surface area is 75.1 Å². The number of carbonyl (C=O) groups is 1. The third-order valence-corrected chi connectivity index (χ3v) is 1.62. The molecule has 5 N–H and O–H groups in total. The van der Waals surface area contributed by atoms with Crippen LogP contribution in [0.15, 0.2) is 0 Å². The van der Waals surface area contributed by atoms with E-state index >= 15 is 0 Å². The van der Waals surface area contributed by atoms with E-state index in [1.54, 1.807) is 0 Å². The molecule has 6 nitrogen and oxygen atoms in total. The summed E-state index contributed by atoms with van der Waals surface area (Å²) in [5.74, 6) is 0. The zero-order valence-electron chi connectivity index (χ0n) is 6.95. The third kappa shape index (κ3) is 4.30. The molecule has 0 aliphatic carbocycles. The maximum atomic E-state index is 9.95. The summed E-state index contributed by atoms with van der Waals surface area (Å²) in [6, 6.07) is 0. The predicted octanol–water partition coefficient (Wildman–Crippen LogP) is -2.99. The summed E-state index contributed by atoms with van der Waals surface area (Å²) < 4.78 is 0. The molecule has 0 aliphatic rings. The van der Waals surface area contributed by atoms with E-state index in [0.717, 1.165) is 0 Å². The minimum atomic E-state index is -1.57. The van der Waals surface area contributed by atoms with Crippen molar-refractivity contribution in [2.75, 3.05) is 6.61 Å². The number of carbonyl (C=O) groups excluding carboxylic acids is 1. The van der Waals surface area contributed by atoms with Crippen molar-refractivity contribution in [3.05, 3.63) is 0 Å². The summed E-state index contributed by atoms with van der Waals surface area (Å²) in [5, 5.41) is 44.1. The van der Waals surface area contributed by atoms with Gasteiger partial charge in [0.25, 0.3) is 0 Å². The Bertz CT molecular complexity index is 150. The molecule has 0 bridgehead atoms. The molecule has 0 aromatic carbocycles. The Kier molecular flexibility index (Phi) is 5.76. The van der Waals surface area contributed by atoms with E-state index in [0.29, 0.717) is 0 Å². The zero-order chi connectivity index (χ0) is 10.4. The second kappa shape index (κ2) is 6.01. The Morgan fingerprint density at radius 1 is 1.08 bits per heavy atom. The minimum absolute atomic E-state index is 0.210. The molecule has 0 heterocycles. The lowest BCUT2D eigenvalue weighted by Crippen LogP contribution is -2.41. The van der Waals surface area contributed by atoms with Gasteiger partial charge in [-0.05, 0) is 0 Å². The van der Waals surface area contributed by atoms with Gasteiger partial charge < -0.3 is 30.3 Å². The van der Waals surface area contributed by atoms with Gasteiger partial charge in [0.1, 0.15) is 24.6 Å². The molecule has 0 fully saturated rings. The molecule has 0 aromatic rings. The highest BCUT2D eigenvalue weighted by Gasteiger charge is 2.25. The van der Waals surface area contributed by atoms with E-state index in [2.05, 4.69) is 0 Å². The number of hydrogen-bond donors (Lipinski definition) is 5. The maximum Gasteiger partial charge on any atom is 0.148 e. The van der Waals surface area contributed by atoms with Gasteiger partial charge in [0.05, 0.1) is 12.7 Å². The van der Waals surface area contributed by atoms with Crippen LogP contribution in [0, 0.1) is 0 Å². The number of aliphatic hydroxyl groups is 5. The Morgan fingerprint density at radius 3 is 2.00 bits per heavy atom. The van der Waals surface area contributed by atoms with Crippen molar-refractivity contribution >= 4 is 6.29 Å². The van der Waals surface area contributed by atoms with Gasteiger partial charge in [-0.3, -0.25) is 0 Å². The van der Waals surface area contributed by atoms with Crippen LogP contribution < -0.4 is 0 Å². The first-order chi connectivity index (χ1) is 6.02. The number of rotatable bonds is 6. The molecule has 0 aromatic heterocycles. The zero-order valence-corrected chi connectivity index (χ0v) is 6.95. The van der Waals surface area contributed by atoms with E-state index in [4.69, 9.17) is 25.5 Å². The van der Waals surface area contributed by atoms with Gasteiger partial charge in [0.15, 0.2) is 0 Å². The molecule has 4 unspecified atom stereocenters. The summed E-state index contributed by atoms with van der Waals surface area (Å²) in [5.41, 5.74) is 0. The van der Waals surface area contributed by atoms with Crippen molar-refractivity contribution in [1.29, 1.82) is 0 Å². The quantitative estimate of drug-likeness (QED) is 0.288. The normalized spacial score (nSPS) is 20.4. The molecule has 4 atom stereocenters. The number of aliphatic hydroxyl groups excluding tert-OH is 5. The molecule has 6 heteroatoms. The van der Waals surface area contributed by atoms with Crippen molar-refractivity contribution in [2.45, 2.75) is 30.8 Å². The molecule has 0 saturated carbocycles. The van der Waals surface area contributed by atoms with Gasteiger partial charge in [0.2, 0.25) is 0 Å². The first-order valence-electron chi connectivity index (χ1n) is 3.81. The van der Waals surface area contributed by atoms with Gasteiger partial charge in [-0.1, -0.05) is 0 Å². The highest BCUT2D eigenvalue weighted by molar-refractivity contribution is 5.55. The van der Waals surface area contributed by atoms with Crippen molar-refractivity contribution in [3.63, 3.8) is 0 Å². The smallest absolute Gasteiger partial charge is 0.148 e. The first kappa shape index (κ1) is 12.5. The molecule has 13 heavy (non-hydrogen) atoms. The van der Waals surface area contributed by atoms with E-state index < -0.39 is 31.0 Å². The highest BCUT2D eigenvalue weighted by atomic mass is 16.4. The summed E-state index contributed by atoms with van der Waals surface area (Å²) >= 11 is 0. The topological polar surface area (TPSA) is 118 Å². The molecule has 0 spiro atoms. The summed E-state index contributed by atoms with van der Waals surface area (Å²) in [6.45, 7) is -0.699. The van der Waals surface area contributed by atoms with Crippen LogP contribution in [0.2, 0.25) is 0 Å². The Morgan fingerprint density at radius 2 is 1.62 bits per heavy atom. The van der Waals surface area contributed by atoms with Crippen LogP contribution in [0.5, 0.6) is 0 Å². The van der Waals surface area contributed by atoms with Crippen molar-refractivity contribution in [3.8, 4) is 0 Å². The predicted molar refractivity (Wildman–Crippen MR) is 41.8 cm³/mol. The minimum Gasteiger partial charge on any atom is -0.394 e. The average molecular weight is 194 g/mol. The summed E-state index contributed by atoms with van der Waals surface area (Å²) in [6.07, 6.45) is -6.03. The van der Waals surface area contributed by atoms with Crippen LogP contribution in [0.4, 0.5) is 0 Å². The lowest BCUT2D eigenvalue weighted by molar-refractivity contribution is -0.120. The molecule has 0 saturated heterocycles. The largest absolute Gasteiger partial charge is 0.394 e. The fourth-order valence-corrected chi connectivity index (χ4v) is 0.807. The monoisotopic (exact) mass is 194 g/mol. The van der Waals surface area contributed by atoms with E-state index in [1.807, 2.05) is 0 Å². The molecule has 0 aliphatic heterocycles. The fourth-order valence-electron chi connectivity index (χ4n) is 0.807. The van der Waals surface area contributed by atoms with E-state index in [-0.39, 0.29) is 12.7 Å². The first-order valence-corrected chi connectivity index (χ1v) is 3.81. The standard InChI is InChI=1S/C7H14O6/c8-2-4(10)1-5(11)7(13)6(12)3-9/h2,4-7,9-13H,1,3H2. The maximum absolute atomic E-state index is 9.95. The van der Waals surface area contributed by atoms with Crippen molar-refractivity contribution in [1.82, 2.24) is 0 Å². The van der Waals surface area contributed by atoms with Gasteiger partial charge >= 0.3 is 0 Å². The van der Waals surface area contributed by atoms with Crippen LogP contribution in [0.25, 0.3) is 0 Å². The van der Waals surface area contributed by atoms with Gasteiger partial charge in [-0.15, -0.1) is 0 Å². The van der Waals surface area contributed by atoms with Crippen molar-refractivity contribution < 1.29 is 30.3 Å². The second-order valence-electron chi connectivity index (χ2n) is 2.75. The van der Waals surface area contributed by atoms with E-state index in [9.17, 15) is 4.79 Å². The molecule has 0 rings (SSSR count). The second-order valence-corrected chi connectivity index (χ2v) is 2.75. The van der Waals surface area contributed by atoms with Gasteiger partial charge in [0, 0.05) is 6.42 Å². The van der Waals surface area contributed by atoms with Crippen LogP contribution >= 0.6 is 0 Å². The number of hydrogen-bond acceptors (Lipinski definition) is 6. The van der Waals surface area contributed by atoms with Crippen LogP contribution in [-0.4, -0.2) is 62.8 Å². The van der Waals surface area contributed by atoms with E-state index in [1.165, 1.54) is 0 Å².